The zero-order valence-electron chi connectivity index (χ0n) is 8.33. The first kappa shape index (κ1) is 10.9. The predicted octanol–water partition coefficient (Wildman–Crippen LogP) is 3.08. The van der Waals surface area contributed by atoms with Gasteiger partial charge < -0.3 is 10.3 Å². The SMILES string of the molecule is CC(NCc1ncc[nH]1)c1ccc(Br)s1. The lowest BCUT2D eigenvalue weighted by Crippen LogP contribution is -2.17. The van der Waals surface area contributed by atoms with Crippen LogP contribution >= 0.6 is 27.3 Å². The molecule has 0 fully saturated rings. The molecule has 0 aliphatic carbocycles. The van der Waals surface area contributed by atoms with Gasteiger partial charge in [0.15, 0.2) is 0 Å². The molecule has 3 nitrogen and oxygen atoms in total. The highest BCUT2D eigenvalue weighted by atomic mass is 79.9. The minimum absolute atomic E-state index is 0.353. The molecule has 0 saturated heterocycles. The van der Waals surface area contributed by atoms with Gasteiger partial charge in [0.05, 0.1) is 10.3 Å². The van der Waals surface area contributed by atoms with Crippen LogP contribution in [-0.2, 0) is 6.54 Å². The lowest BCUT2D eigenvalue weighted by atomic mass is 10.3. The van der Waals surface area contributed by atoms with Gasteiger partial charge in [-0.2, -0.15) is 0 Å². The van der Waals surface area contributed by atoms with E-state index < -0.39 is 0 Å². The Balaban J connectivity index is 1.90. The molecule has 0 bridgehead atoms. The minimum Gasteiger partial charge on any atom is -0.348 e. The van der Waals surface area contributed by atoms with E-state index in [1.807, 2.05) is 6.20 Å². The number of nitrogens with one attached hydrogen (secondary N) is 2. The van der Waals surface area contributed by atoms with Crippen LogP contribution in [0.5, 0.6) is 0 Å². The first-order chi connectivity index (χ1) is 7.25. The highest BCUT2D eigenvalue weighted by Gasteiger charge is 2.07. The second-order valence-corrected chi connectivity index (χ2v) is 5.77. The molecule has 0 saturated carbocycles. The Labute approximate surface area is 101 Å². The Morgan fingerprint density at radius 1 is 1.60 bits per heavy atom. The molecule has 2 aromatic heterocycles. The van der Waals surface area contributed by atoms with Crippen molar-refractivity contribution in [1.82, 2.24) is 15.3 Å². The van der Waals surface area contributed by atoms with E-state index in [-0.39, 0.29) is 0 Å². The van der Waals surface area contributed by atoms with Crippen LogP contribution in [0.15, 0.2) is 28.3 Å². The number of H-pyrrole nitrogens is 1. The summed E-state index contributed by atoms with van der Waals surface area (Å²) in [5, 5.41) is 3.41. The molecular weight excluding hydrogens is 274 g/mol. The zero-order valence-corrected chi connectivity index (χ0v) is 10.7. The summed E-state index contributed by atoms with van der Waals surface area (Å²) in [6.07, 6.45) is 3.60. The predicted molar refractivity (Wildman–Crippen MR) is 65.9 cm³/mol. The Bertz CT molecular complexity index is 410. The fourth-order valence-corrected chi connectivity index (χ4v) is 2.76. The molecule has 0 aromatic carbocycles. The summed E-state index contributed by atoms with van der Waals surface area (Å²) in [5.74, 6) is 0.970. The molecule has 2 heterocycles. The summed E-state index contributed by atoms with van der Waals surface area (Å²) in [6, 6.07) is 4.56. The van der Waals surface area contributed by atoms with E-state index in [2.05, 4.69) is 50.3 Å². The van der Waals surface area contributed by atoms with Crippen LogP contribution in [0.4, 0.5) is 0 Å². The summed E-state index contributed by atoms with van der Waals surface area (Å²) in [6.45, 7) is 2.92. The summed E-state index contributed by atoms with van der Waals surface area (Å²) >= 11 is 5.22. The fourth-order valence-electron chi connectivity index (χ4n) is 1.31. The van der Waals surface area contributed by atoms with Crippen LogP contribution in [0.2, 0.25) is 0 Å². The molecule has 2 N–H and O–H groups in total. The van der Waals surface area contributed by atoms with E-state index in [4.69, 9.17) is 0 Å². The average Bonchev–Trinajstić information content (AvgIpc) is 2.84. The van der Waals surface area contributed by atoms with E-state index >= 15 is 0 Å². The number of hydrogen-bond acceptors (Lipinski definition) is 3. The van der Waals surface area contributed by atoms with Gasteiger partial charge in [-0.25, -0.2) is 4.98 Å². The molecule has 1 atom stereocenters. The number of nitrogens with zero attached hydrogens (tertiary/aromatic N) is 1. The standard InChI is InChI=1S/C10H12BrN3S/c1-7(8-2-3-9(11)15-8)14-6-10-12-4-5-13-10/h2-5,7,14H,6H2,1H3,(H,12,13). The lowest BCUT2D eigenvalue weighted by Gasteiger charge is -2.10. The minimum atomic E-state index is 0.353. The molecule has 1 unspecified atom stereocenters. The normalized spacial score (nSPS) is 12.9. The fraction of sp³-hybridized carbons (Fsp3) is 0.300. The Morgan fingerprint density at radius 3 is 3.07 bits per heavy atom. The maximum absolute atomic E-state index is 4.16. The molecule has 0 spiro atoms. The highest BCUT2D eigenvalue weighted by Crippen LogP contribution is 2.26. The van der Waals surface area contributed by atoms with Crippen molar-refractivity contribution in [3.8, 4) is 0 Å². The molecule has 15 heavy (non-hydrogen) atoms. The number of imidazole rings is 1. The monoisotopic (exact) mass is 285 g/mol. The second kappa shape index (κ2) is 4.92. The largest absolute Gasteiger partial charge is 0.348 e. The van der Waals surface area contributed by atoms with Crippen molar-refractivity contribution < 1.29 is 0 Å². The van der Waals surface area contributed by atoms with E-state index in [0.717, 1.165) is 12.4 Å². The van der Waals surface area contributed by atoms with Crippen molar-refractivity contribution >= 4 is 27.3 Å². The summed E-state index contributed by atoms with van der Waals surface area (Å²) < 4.78 is 1.17. The second-order valence-electron chi connectivity index (χ2n) is 3.28. The van der Waals surface area contributed by atoms with Gasteiger partial charge in [-0.3, -0.25) is 0 Å². The van der Waals surface area contributed by atoms with Crippen molar-refractivity contribution in [2.24, 2.45) is 0 Å². The van der Waals surface area contributed by atoms with Crippen molar-refractivity contribution in [3.05, 3.63) is 39.0 Å². The molecule has 0 amide bonds. The van der Waals surface area contributed by atoms with E-state index in [1.54, 1.807) is 17.5 Å². The van der Waals surface area contributed by atoms with Gasteiger partial charge >= 0.3 is 0 Å². The van der Waals surface area contributed by atoms with Crippen molar-refractivity contribution in [2.45, 2.75) is 19.5 Å². The zero-order chi connectivity index (χ0) is 10.7. The molecule has 5 heteroatoms. The Morgan fingerprint density at radius 2 is 2.47 bits per heavy atom. The van der Waals surface area contributed by atoms with Gasteiger partial charge in [0.2, 0.25) is 0 Å². The van der Waals surface area contributed by atoms with Crippen LogP contribution in [-0.4, -0.2) is 9.97 Å². The first-order valence-electron chi connectivity index (χ1n) is 4.72. The number of thiophene rings is 1. The molecular formula is C10H12BrN3S. The Kier molecular flexibility index (Phi) is 3.56. The molecule has 2 rings (SSSR count). The summed E-state index contributed by atoms with van der Waals surface area (Å²) in [4.78, 5) is 8.56. The summed E-state index contributed by atoms with van der Waals surface area (Å²) in [5.41, 5.74) is 0. The smallest absolute Gasteiger partial charge is 0.120 e. The maximum Gasteiger partial charge on any atom is 0.120 e. The number of aromatic nitrogens is 2. The molecule has 2 aromatic rings. The van der Waals surface area contributed by atoms with Crippen LogP contribution < -0.4 is 5.32 Å². The van der Waals surface area contributed by atoms with Crippen LogP contribution in [0.1, 0.15) is 23.7 Å². The van der Waals surface area contributed by atoms with Crippen molar-refractivity contribution in [3.63, 3.8) is 0 Å². The number of hydrogen-bond donors (Lipinski definition) is 2. The van der Waals surface area contributed by atoms with Crippen molar-refractivity contribution in [2.75, 3.05) is 0 Å². The third-order valence-electron chi connectivity index (χ3n) is 2.15. The summed E-state index contributed by atoms with van der Waals surface area (Å²) in [7, 11) is 0. The van der Waals surface area contributed by atoms with Crippen LogP contribution in [0.25, 0.3) is 0 Å². The highest BCUT2D eigenvalue weighted by molar-refractivity contribution is 9.11. The average molecular weight is 286 g/mol. The molecule has 0 aliphatic rings. The number of halogens is 1. The van der Waals surface area contributed by atoms with E-state index in [1.165, 1.54) is 8.66 Å². The van der Waals surface area contributed by atoms with Crippen molar-refractivity contribution in [1.29, 1.82) is 0 Å². The van der Waals surface area contributed by atoms with Crippen LogP contribution in [0, 0.1) is 0 Å². The van der Waals surface area contributed by atoms with Gasteiger partial charge in [0.1, 0.15) is 5.82 Å². The van der Waals surface area contributed by atoms with Crippen LogP contribution in [0.3, 0.4) is 0 Å². The van der Waals surface area contributed by atoms with Gasteiger partial charge in [0.25, 0.3) is 0 Å². The quantitative estimate of drug-likeness (QED) is 0.906. The van der Waals surface area contributed by atoms with Gasteiger partial charge in [0, 0.05) is 23.3 Å². The third-order valence-corrected chi connectivity index (χ3v) is 3.96. The third kappa shape index (κ3) is 2.90. The first-order valence-corrected chi connectivity index (χ1v) is 6.33. The van der Waals surface area contributed by atoms with E-state index in [0.29, 0.717) is 6.04 Å². The topological polar surface area (TPSA) is 40.7 Å². The molecule has 0 radical (unpaired) electrons. The maximum atomic E-state index is 4.16. The van der Waals surface area contributed by atoms with Gasteiger partial charge in [-0.1, -0.05) is 0 Å². The molecule has 0 aliphatic heterocycles. The number of rotatable bonds is 4. The van der Waals surface area contributed by atoms with Gasteiger partial charge in [-0.05, 0) is 35.0 Å². The lowest BCUT2D eigenvalue weighted by molar-refractivity contribution is 0.569. The Hall–Kier alpha value is -0.650. The molecule has 80 valence electrons. The number of aromatic amines is 1. The van der Waals surface area contributed by atoms with E-state index in [9.17, 15) is 0 Å². The van der Waals surface area contributed by atoms with Gasteiger partial charge in [-0.15, -0.1) is 11.3 Å².